The van der Waals surface area contributed by atoms with Crippen LogP contribution in [0.5, 0.6) is 0 Å². The van der Waals surface area contributed by atoms with E-state index in [2.05, 4.69) is 10.2 Å². The number of nitro groups is 1. The number of para-hydroxylation sites is 1. The van der Waals surface area contributed by atoms with Crippen LogP contribution in [-0.4, -0.2) is 16.2 Å². The minimum atomic E-state index is -0.539. The third-order valence-corrected chi connectivity index (χ3v) is 3.46. The van der Waals surface area contributed by atoms with E-state index in [1.807, 2.05) is 25.1 Å². The van der Waals surface area contributed by atoms with Gasteiger partial charge < -0.3 is 0 Å². The third kappa shape index (κ3) is 3.89. The fraction of sp³-hybridized carbons (Fsp3) is 0.250. The monoisotopic (exact) mass is 314 g/mol. The Balaban J connectivity index is 2.48. The van der Waals surface area contributed by atoms with Crippen LogP contribution in [0.15, 0.2) is 58.8 Å². The molecule has 0 saturated heterocycles. The molecule has 1 unspecified atom stereocenters. The molecule has 0 amide bonds. The van der Waals surface area contributed by atoms with Gasteiger partial charge in [0, 0.05) is 6.07 Å². The van der Waals surface area contributed by atoms with Crippen molar-refractivity contribution in [2.24, 2.45) is 10.2 Å². The Morgan fingerprint density at radius 3 is 2.48 bits per heavy atom. The molecule has 2 rings (SSSR count). The van der Waals surface area contributed by atoms with Crippen LogP contribution in [0.2, 0.25) is 0 Å². The van der Waals surface area contributed by atoms with Crippen LogP contribution in [0.4, 0.5) is 22.7 Å². The van der Waals surface area contributed by atoms with Crippen LogP contribution in [0, 0.1) is 10.1 Å². The number of hydrogen-bond acceptors (Lipinski definition) is 6. The molecular formula is C16H18N4O3. The second-order valence-electron chi connectivity index (χ2n) is 5.04. The highest BCUT2D eigenvalue weighted by atomic mass is 16.6. The second-order valence-corrected chi connectivity index (χ2v) is 5.04. The highest BCUT2D eigenvalue weighted by Gasteiger charge is 2.25. The van der Waals surface area contributed by atoms with Crippen molar-refractivity contribution in [1.82, 2.24) is 0 Å². The van der Waals surface area contributed by atoms with Gasteiger partial charge in [0.1, 0.15) is 5.69 Å². The summed E-state index contributed by atoms with van der Waals surface area (Å²) < 4.78 is 0. The zero-order valence-corrected chi connectivity index (χ0v) is 13.0. The maximum Gasteiger partial charge on any atom is 0.297 e. The van der Waals surface area contributed by atoms with Crippen LogP contribution >= 0.6 is 0 Å². The molecule has 2 aromatic rings. The lowest BCUT2D eigenvalue weighted by atomic mass is 10.2. The summed E-state index contributed by atoms with van der Waals surface area (Å²) in [4.78, 5) is 10.7. The molecule has 0 radical (unpaired) electrons. The Bertz CT molecular complexity index is 704. The molecule has 2 aromatic carbocycles. The van der Waals surface area contributed by atoms with Gasteiger partial charge in [-0.05, 0) is 31.5 Å². The quantitative estimate of drug-likeness (QED) is 0.461. The first-order valence-electron chi connectivity index (χ1n) is 7.27. The Morgan fingerprint density at radius 1 is 1.17 bits per heavy atom. The van der Waals surface area contributed by atoms with Crippen LogP contribution < -0.4 is 5.06 Å². The summed E-state index contributed by atoms with van der Waals surface area (Å²) in [6, 6.07) is 13.2. The second kappa shape index (κ2) is 7.46. The predicted octanol–water partition coefficient (Wildman–Crippen LogP) is 5.00. The van der Waals surface area contributed by atoms with Gasteiger partial charge in [-0.15, -0.1) is 5.11 Å². The zero-order chi connectivity index (χ0) is 16.8. The molecule has 0 heterocycles. The average molecular weight is 314 g/mol. The molecule has 0 spiro atoms. The molecule has 23 heavy (non-hydrogen) atoms. The van der Waals surface area contributed by atoms with Crippen molar-refractivity contribution < 1.29 is 10.1 Å². The lowest BCUT2D eigenvalue weighted by molar-refractivity contribution is -0.384. The molecule has 1 atom stereocenters. The maximum absolute atomic E-state index is 11.3. The van der Waals surface area contributed by atoms with E-state index in [0.29, 0.717) is 12.1 Å². The Hall–Kier alpha value is -2.80. The first kappa shape index (κ1) is 16.6. The van der Waals surface area contributed by atoms with E-state index >= 15 is 0 Å². The Morgan fingerprint density at radius 2 is 1.87 bits per heavy atom. The van der Waals surface area contributed by atoms with Crippen LogP contribution in [0.3, 0.4) is 0 Å². The molecule has 1 N–H and O–H groups in total. The van der Waals surface area contributed by atoms with E-state index < -0.39 is 4.92 Å². The van der Waals surface area contributed by atoms with Crippen molar-refractivity contribution in [3.63, 3.8) is 0 Å². The van der Waals surface area contributed by atoms with Crippen molar-refractivity contribution in [2.45, 2.75) is 26.3 Å². The summed E-state index contributed by atoms with van der Waals surface area (Å²) in [5.41, 5.74) is 0.702. The number of nitrogens with zero attached hydrogens (tertiary/aromatic N) is 4. The van der Waals surface area contributed by atoms with Crippen molar-refractivity contribution >= 4 is 22.7 Å². The van der Waals surface area contributed by atoms with Crippen LogP contribution in [0.25, 0.3) is 0 Å². The van der Waals surface area contributed by atoms with Gasteiger partial charge in [-0.1, -0.05) is 31.2 Å². The third-order valence-electron chi connectivity index (χ3n) is 3.46. The maximum atomic E-state index is 11.3. The predicted molar refractivity (Wildman–Crippen MR) is 87.7 cm³/mol. The van der Waals surface area contributed by atoms with Crippen molar-refractivity contribution in [3.05, 3.63) is 58.6 Å². The van der Waals surface area contributed by atoms with Crippen molar-refractivity contribution in [1.29, 1.82) is 0 Å². The smallest absolute Gasteiger partial charge is 0.288 e. The summed E-state index contributed by atoms with van der Waals surface area (Å²) in [5.74, 6) is 0. The number of rotatable bonds is 6. The molecule has 0 aliphatic heterocycles. The van der Waals surface area contributed by atoms with E-state index in [9.17, 15) is 15.3 Å². The van der Waals surface area contributed by atoms with Crippen LogP contribution in [0.1, 0.15) is 20.3 Å². The van der Waals surface area contributed by atoms with Gasteiger partial charge in [-0.3, -0.25) is 15.3 Å². The van der Waals surface area contributed by atoms with Crippen molar-refractivity contribution in [2.75, 3.05) is 5.06 Å². The normalized spacial score (nSPS) is 12.3. The number of azo groups is 1. The van der Waals surface area contributed by atoms with Gasteiger partial charge in [-0.25, -0.2) is 5.06 Å². The molecule has 120 valence electrons. The first-order chi connectivity index (χ1) is 11.0. The number of hydroxylamine groups is 1. The molecule has 0 saturated carbocycles. The van der Waals surface area contributed by atoms with E-state index in [1.54, 1.807) is 25.1 Å². The highest BCUT2D eigenvalue weighted by Crippen LogP contribution is 2.38. The van der Waals surface area contributed by atoms with Gasteiger partial charge in [0.25, 0.3) is 5.69 Å². The van der Waals surface area contributed by atoms with Gasteiger partial charge >= 0.3 is 0 Å². The summed E-state index contributed by atoms with van der Waals surface area (Å²) in [5, 5.41) is 30.6. The van der Waals surface area contributed by atoms with Gasteiger partial charge in [0.15, 0.2) is 5.69 Å². The van der Waals surface area contributed by atoms with Gasteiger partial charge in [0.05, 0.1) is 16.7 Å². The van der Waals surface area contributed by atoms with E-state index in [4.69, 9.17) is 0 Å². The minimum absolute atomic E-state index is 0.0477. The number of nitro benzene ring substituents is 1. The van der Waals surface area contributed by atoms with Gasteiger partial charge in [-0.2, -0.15) is 5.11 Å². The average Bonchev–Trinajstić information content (AvgIpc) is 2.59. The number of hydrogen-bond donors (Lipinski definition) is 1. The standard InChI is InChI=1S/C16H18N4O3/c1-3-12(2)19(21)16-14(10-7-11-15(16)20(22)23)18-17-13-8-5-4-6-9-13/h4-12,21H,3H2,1-2H3. The fourth-order valence-corrected chi connectivity index (χ4v) is 1.98. The number of anilines is 1. The Kier molecular flexibility index (Phi) is 5.37. The molecule has 0 fully saturated rings. The molecular weight excluding hydrogens is 296 g/mol. The molecule has 0 aliphatic rings. The largest absolute Gasteiger partial charge is 0.297 e. The van der Waals surface area contributed by atoms with E-state index in [-0.39, 0.29) is 23.1 Å². The summed E-state index contributed by atoms with van der Waals surface area (Å²) in [6.07, 6.45) is 0.623. The van der Waals surface area contributed by atoms with Gasteiger partial charge in [0.2, 0.25) is 0 Å². The molecule has 0 aliphatic carbocycles. The van der Waals surface area contributed by atoms with E-state index in [1.165, 1.54) is 12.1 Å². The summed E-state index contributed by atoms with van der Waals surface area (Å²) >= 11 is 0. The summed E-state index contributed by atoms with van der Waals surface area (Å²) in [7, 11) is 0. The minimum Gasteiger partial charge on any atom is -0.288 e. The first-order valence-corrected chi connectivity index (χ1v) is 7.27. The zero-order valence-electron chi connectivity index (χ0n) is 13.0. The molecule has 7 heteroatoms. The topological polar surface area (TPSA) is 91.3 Å². The number of benzene rings is 2. The van der Waals surface area contributed by atoms with Crippen LogP contribution in [-0.2, 0) is 0 Å². The highest BCUT2D eigenvalue weighted by molar-refractivity contribution is 5.76. The molecule has 7 nitrogen and oxygen atoms in total. The molecule has 0 aromatic heterocycles. The Labute approximate surface area is 134 Å². The lowest BCUT2D eigenvalue weighted by Gasteiger charge is -2.23. The lowest BCUT2D eigenvalue weighted by Crippen LogP contribution is -2.29. The van der Waals surface area contributed by atoms with Crippen molar-refractivity contribution in [3.8, 4) is 0 Å². The molecule has 0 bridgehead atoms. The SMILES string of the molecule is CCC(C)N(O)c1c(N=Nc2ccccc2)cccc1[N+](=O)[O-]. The summed E-state index contributed by atoms with van der Waals surface area (Å²) in [6.45, 7) is 3.66. The van der Waals surface area contributed by atoms with E-state index in [0.717, 1.165) is 5.06 Å². The fourth-order valence-electron chi connectivity index (χ4n) is 1.98.